The molecule has 0 spiro atoms. The number of carbonyl (C=O) groups is 1. The zero-order chi connectivity index (χ0) is 21.6. The van der Waals surface area contributed by atoms with Gasteiger partial charge in [0.05, 0.1) is 6.07 Å². The van der Waals surface area contributed by atoms with Gasteiger partial charge in [-0.15, -0.1) is 0 Å². The van der Waals surface area contributed by atoms with Crippen molar-refractivity contribution in [2.45, 2.75) is 136 Å². The lowest BCUT2D eigenvalue weighted by Crippen LogP contribution is -2.28. The average Bonchev–Trinajstić information content (AvgIpc) is 2.78. The van der Waals surface area contributed by atoms with E-state index in [0.717, 1.165) is 37.0 Å². The van der Waals surface area contributed by atoms with Gasteiger partial charge >= 0.3 is 0 Å². The predicted octanol–water partition coefficient (Wildman–Crippen LogP) is 8.64. The Bertz CT molecular complexity index is 491. The minimum Gasteiger partial charge on any atom is -0.300 e. The predicted molar refractivity (Wildman–Crippen MR) is 127 cm³/mol. The average molecular weight is 416 g/mol. The summed E-state index contributed by atoms with van der Waals surface area (Å²) in [5, 5.41) is 9.71. The first-order valence-corrected chi connectivity index (χ1v) is 13.6. The van der Waals surface area contributed by atoms with Crippen molar-refractivity contribution in [2.24, 2.45) is 29.6 Å². The number of nitriles is 1. The topological polar surface area (TPSA) is 40.9 Å². The van der Waals surface area contributed by atoms with Gasteiger partial charge in [-0.05, 0) is 75.0 Å². The first-order chi connectivity index (χ1) is 14.7. The summed E-state index contributed by atoms with van der Waals surface area (Å²) in [5.74, 6) is 3.92. The number of hydrogen-bond donors (Lipinski definition) is 0. The number of carbonyl (C=O) groups excluding carboxylic acids is 1. The zero-order valence-electron chi connectivity index (χ0n) is 20.2. The van der Waals surface area contributed by atoms with Crippen LogP contribution in [0.1, 0.15) is 136 Å². The summed E-state index contributed by atoms with van der Waals surface area (Å²) < 4.78 is 0. The van der Waals surface area contributed by atoms with Crippen LogP contribution in [0.25, 0.3) is 0 Å². The summed E-state index contributed by atoms with van der Waals surface area (Å²) in [4.78, 5) is 12.2. The molecule has 0 aliphatic heterocycles. The summed E-state index contributed by atoms with van der Waals surface area (Å²) in [6.07, 6.45) is 23.5. The molecule has 2 aliphatic carbocycles. The summed E-state index contributed by atoms with van der Waals surface area (Å²) >= 11 is 0. The fraction of sp³-hybridized carbons (Fsp3) is 0.929. The van der Waals surface area contributed by atoms with Crippen molar-refractivity contribution < 1.29 is 4.79 Å². The van der Waals surface area contributed by atoms with E-state index in [1.165, 1.54) is 96.3 Å². The number of unbranched alkanes of at least 4 members (excludes halogenated alkanes) is 5. The van der Waals surface area contributed by atoms with Gasteiger partial charge in [0.15, 0.2) is 0 Å². The monoisotopic (exact) mass is 415 g/mol. The summed E-state index contributed by atoms with van der Waals surface area (Å²) in [6.45, 7) is 4.50. The molecule has 2 heteroatoms. The lowest BCUT2D eigenvalue weighted by Gasteiger charge is -2.38. The third-order valence-electron chi connectivity index (χ3n) is 8.37. The van der Waals surface area contributed by atoms with Crippen LogP contribution in [0.3, 0.4) is 0 Å². The summed E-state index contributed by atoms with van der Waals surface area (Å²) in [5.41, 5.74) is 0. The SMILES string of the molecule is CCCCCCC(=O)CCC(C#N)C1CCC([C@H]2CC[C@H](CCCCC)CC2)CC1. The van der Waals surface area contributed by atoms with Crippen LogP contribution >= 0.6 is 0 Å². The van der Waals surface area contributed by atoms with Gasteiger partial charge in [0.2, 0.25) is 0 Å². The van der Waals surface area contributed by atoms with Crippen LogP contribution in [0, 0.1) is 40.9 Å². The van der Waals surface area contributed by atoms with Crippen molar-refractivity contribution in [1.82, 2.24) is 0 Å². The second-order valence-corrected chi connectivity index (χ2v) is 10.6. The smallest absolute Gasteiger partial charge is 0.132 e. The molecule has 1 atom stereocenters. The molecule has 172 valence electrons. The number of rotatable bonds is 14. The highest BCUT2D eigenvalue weighted by molar-refractivity contribution is 5.78. The molecular weight excluding hydrogens is 366 g/mol. The van der Waals surface area contributed by atoms with E-state index in [1.54, 1.807) is 0 Å². The molecule has 2 aliphatic rings. The highest BCUT2D eigenvalue weighted by Gasteiger charge is 2.33. The fourth-order valence-electron chi connectivity index (χ4n) is 6.25. The van der Waals surface area contributed by atoms with Crippen LogP contribution in [0.5, 0.6) is 0 Å². The maximum Gasteiger partial charge on any atom is 0.132 e. The number of nitrogens with zero attached hydrogens (tertiary/aromatic N) is 1. The molecule has 0 saturated heterocycles. The van der Waals surface area contributed by atoms with Crippen LogP contribution in [0.2, 0.25) is 0 Å². The Hall–Kier alpha value is -0.840. The number of hydrogen-bond acceptors (Lipinski definition) is 2. The minimum absolute atomic E-state index is 0.111. The Morgan fingerprint density at radius 3 is 2.00 bits per heavy atom. The molecule has 2 saturated carbocycles. The molecule has 0 aromatic heterocycles. The van der Waals surface area contributed by atoms with E-state index in [0.29, 0.717) is 18.1 Å². The molecule has 30 heavy (non-hydrogen) atoms. The number of Topliss-reactive ketones (excluding diaryl/α,β-unsaturated/α-hetero) is 1. The molecule has 0 heterocycles. The quantitative estimate of drug-likeness (QED) is 0.266. The largest absolute Gasteiger partial charge is 0.300 e. The molecule has 0 bridgehead atoms. The Labute approximate surface area is 187 Å². The third-order valence-corrected chi connectivity index (χ3v) is 8.37. The lowest BCUT2D eigenvalue weighted by molar-refractivity contribution is -0.119. The molecular formula is C28H49NO. The molecule has 0 radical (unpaired) electrons. The van der Waals surface area contributed by atoms with Gasteiger partial charge in [0, 0.05) is 18.8 Å². The Kier molecular flexibility index (Phi) is 12.7. The minimum atomic E-state index is 0.111. The zero-order valence-corrected chi connectivity index (χ0v) is 20.2. The second kappa shape index (κ2) is 15.0. The van der Waals surface area contributed by atoms with Crippen molar-refractivity contribution in [2.75, 3.05) is 0 Å². The molecule has 0 N–H and O–H groups in total. The van der Waals surface area contributed by atoms with Crippen molar-refractivity contribution in [3.05, 3.63) is 0 Å². The van der Waals surface area contributed by atoms with Crippen molar-refractivity contribution in [3.8, 4) is 6.07 Å². The maximum atomic E-state index is 12.2. The molecule has 2 rings (SSSR count). The van der Waals surface area contributed by atoms with Gasteiger partial charge in [-0.2, -0.15) is 5.26 Å². The molecule has 2 nitrogen and oxygen atoms in total. The standard InChI is InChI=1S/C28H49NO/c1-3-5-7-9-11-28(30)21-20-27(22-29)26-18-16-25(17-19-26)24-14-12-23(13-15-24)10-8-6-4-2/h23-27H,3-21H2,1-2H3/t23-,24-,25?,26?,27?. The van der Waals surface area contributed by atoms with E-state index in [9.17, 15) is 10.1 Å². The van der Waals surface area contributed by atoms with Crippen LogP contribution in [-0.2, 0) is 4.79 Å². The Balaban J connectivity index is 1.63. The second-order valence-electron chi connectivity index (χ2n) is 10.6. The van der Waals surface area contributed by atoms with E-state index in [-0.39, 0.29) is 5.92 Å². The van der Waals surface area contributed by atoms with Gasteiger partial charge < -0.3 is 0 Å². The van der Waals surface area contributed by atoms with Crippen molar-refractivity contribution >= 4 is 5.78 Å². The fourth-order valence-corrected chi connectivity index (χ4v) is 6.25. The normalized spacial score (nSPS) is 28.0. The van der Waals surface area contributed by atoms with Gasteiger partial charge in [-0.3, -0.25) is 4.79 Å². The molecule has 0 aromatic rings. The molecule has 1 unspecified atom stereocenters. The van der Waals surface area contributed by atoms with Crippen LogP contribution in [-0.4, -0.2) is 5.78 Å². The van der Waals surface area contributed by atoms with Crippen LogP contribution < -0.4 is 0 Å². The Morgan fingerprint density at radius 1 is 0.800 bits per heavy atom. The van der Waals surface area contributed by atoms with Gasteiger partial charge in [-0.1, -0.05) is 71.6 Å². The third kappa shape index (κ3) is 9.11. The first-order valence-electron chi connectivity index (χ1n) is 13.6. The highest BCUT2D eigenvalue weighted by atomic mass is 16.1. The summed E-state index contributed by atoms with van der Waals surface area (Å²) in [6, 6.07) is 2.58. The van der Waals surface area contributed by atoms with Gasteiger partial charge in [0.25, 0.3) is 0 Å². The number of ketones is 1. The van der Waals surface area contributed by atoms with E-state index >= 15 is 0 Å². The van der Waals surface area contributed by atoms with Gasteiger partial charge in [0.1, 0.15) is 5.78 Å². The van der Waals surface area contributed by atoms with Crippen LogP contribution in [0.4, 0.5) is 0 Å². The first kappa shape index (κ1) is 25.4. The van der Waals surface area contributed by atoms with E-state index < -0.39 is 0 Å². The van der Waals surface area contributed by atoms with E-state index in [1.807, 2.05) is 0 Å². The van der Waals surface area contributed by atoms with Gasteiger partial charge in [-0.25, -0.2) is 0 Å². The lowest BCUT2D eigenvalue weighted by atomic mass is 9.66. The molecule has 0 amide bonds. The molecule has 0 aromatic carbocycles. The maximum absolute atomic E-state index is 12.2. The summed E-state index contributed by atoms with van der Waals surface area (Å²) in [7, 11) is 0. The van der Waals surface area contributed by atoms with Crippen LogP contribution in [0.15, 0.2) is 0 Å². The van der Waals surface area contributed by atoms with E-state index in [2.05, 4.69) is 19.9 Å². The van der Waals surface area contributed by atoms with Crippen molar-refractivity contribution in [1.29, 1.82) is 5.26 Å². The Morgan fingerprint density at radius 2 is 1.40 bits per heavy atom. The van der Waals surface area contributed by atoms with Crippen molar-refractivity contribution in [3.63, 3.8) is 0 Å². The highest BCUT2D eigenvalue weighted by Crippen LogP contribution is 2.44. The van der Waals surface area contributed by atoms with E-state index in [4.69, 9.17) is 0 Å². The molecule has 2 fully saturated rings.